The molecule has 4 rings (SSSR count). The molecule has 2 atom stereocenters. The van der Waals surface area contributed by atoms with Crippen LogP contribution < -0.4 is 0 Å². The van der Waals surface area contributed by atoms with Crippen molar-refractivity contribution < 1.29 is 22.0 Å². The highest BCUT2D eigenvalue weighted by molar-refractivity contribution is 7.89. The predicted molar refractivity (Wildman–Crippen MR) is 91.5 cm³/mol. The molecule has 136 valence electrons. The van der Waals surface area contributed by atoms with Crippen LogP contribution in [-0.2, 0) is 14.9 Å². The van der Waals surface area contributed by atoms with E-state index in [1.54, 1.807) is 0 Å². The average Bonchev–Trinajstić information content (AvgIpc) is 3.17. The molecule has 0 bridgehead atoms. The summed E-state index contributed by atoms with van der Waals surface area (Å²) in [6.45, 7) is 0.150. The molecule has 0 radical (unpaired) electrons. The molecule has 2 aromatic carbocycles. The van der Waals surface area contributed by atoms with Crippen LogP contribution in [0.5, 0.6) is 0 Å². The normalized spacial score (nSPS) is 22.8. The molecule has 2 unspecified atom stereocenters. The monoisotopic (exact) mass is 398 g/mol. The van der Waals surface area contributed by atoms with E-state index in [1.807, 2.05) is 0 Å². The number of halogens is 3. The Kier molecular flexibility index (Phi) is 4.21. The smallest absolute Gasteiger partial charge is 0.243 e. The first-order valence-electron chi connectivity index (χ1n) is 7.82. The largest absolute Gasteiger partial charge is 0.390 e. The van der Waals surface area contributed by atoms with Gasteiger partial charge in [-0.25, -0.2) is 17.2 Å². The van der Waals surface area contributed by atoms with Crippen LogP contribution in [0, 0.1) is 17.6 Å². The van der Waals surface area contributed by atoms with Gasteiger partial charge in [-0.3, -0.25) is 0 Å². The van der Waals surface area contributed by atoms with Crippen molar-refractivity contribution in [1.29, 1.82) is 0 Å². The van der Waals surface area contributed by atoms with Crippen molar-refractivity contribution >= 4 is 27.3 Å². The molecule has 0 aliphatic carbocycles. The number of sulfonamides is 1. The molecule has 0 spiro atoms. The Hall–Kier alpha value is -2.03. The Morgan fingerprint density at radius 3 is 2.54 bits per heavy atom. The summed E-state index contributed by atoms with van der Waals surface area (Å²) in [4.78, 5) is 5.32. The van der Waals surface area contributed by atoms with Gasteiger partial charge in [0.1, 0.15) is 11.6 Å². The van der Waals surface area contributed by atoms with E-state index in [9.17, 15) is 17.2 Å². The Morgan fingerprint density at radius 1 is 1.12 bits per heavy atom. The van der Waals surface area contributed by atoms with Crippen LogP contribution >= 0.6 is 11.6 Å². The lowest BCUT2D eigenvalue weighted by Gasteiger charge is -2.17. The Morgan fingerprint density at radius 2 is 1.85 bits per heavy atom. The fraction of sp³-hybridized carbons (Fsp3) is 0.235. The van der Waals surface area contributed by atoms with E-state index in [4.69, 9.17) is 16.4 Å². The maximum atomic E-state index is 14.2. The number of fused-ring (bicyclic) bond motifs is 1. The van der Waals surface area contributed by atoms with Gasteiger partial charge in [0, 0.05) is 6.54 Å². The Balaban J connectivity index is 1.63. The fourth-order valence-electron chi connectivity index (χ4n) is 3.23. The summed E-state index contributed by atoms with van der Waals surface area (Å²) in [5.41, 5.74) is 0.428. The summed E-state index contributed by atoms with van der Waals surface area (Å²) < 4.78 is 54.0. The fourth-order valence-corrected chi connectivity index (χ4v) is 4.96. The number of rotatable bonds is 3. The van der Waals surface area contributed by atoms with Crippen molar-refractivity contribution in [3.63, 3.8) is 0 Å². The van der Waals surface area contributed by atoms with Crippen molar-refractivity contribution in [2.45, 2.75) is 11.0 Å². The molecule has 0 amide bonds. The molecule has 26 heavy (non-hydrogen) atoms. The molecule has 0 aromatic heterocycles. The molecule has 9 heteroatoms. The molecule has 0 N–H and O–H groups in total. The molecule has 2 aliphatic heterocycles. The van der Waals surface area contributed by atoms with Crippen molar-refractivity contribution in [3.8, 4) is 0 Å². The van der Waals surface area contributed by atoms with Crippen molar-refractivity contribution in [3.05, 3.63) is 64.7 Å². The van der Waals surface area contributed by atoms with Gasteiger partial charge in [-0.15, -0.1) is 0 Å². The minimum absolute atomic E-state index is 0.0127. The third-order valence-corrected chi connectivity index (χ3v) is 6.70. The van der Waals surface area contributed by atoms with E-state index in [2.05, 4.69) is 5.16 Å². The number of benzene rings is 2. The molecular formula is C17H13ClF2N2O3S. The summed E-state index contributed by atoms with van der Waals surface area (Å²) in [6.07, 6.45) is -0.518. The van der Waals surface area contributed by atoms with Gasteiger partial charge in [-0.05, 0) is 36.4 Å². The number of hydrogen-bond acceptors (Lipinski definition) is 4. The SMILES string of the molecule is O=S(=O)(c1ccc(F)cc1)N1CC2ON=C(c3c(F)cccc3Cl)C2C1. The van der Waals surface area contributed by atoms with Crippen molar-refractivity contribution in [1.82, 2.24) is 4.31 Å². The third-order valence-electron chi connectivity index (χ3n) is 4.54. The van der Waals surface area contributed by atoms with Crippen LogP contribution in [-0.4, -0.2) is 37.6 Å². The van der Waals surface area contributed by atoms with Crippen LogP contribution in [0.2, 0.25) is 5.02 Å². The van der Waals surface area contributed by atoms with Gasteiger partial charge < -0.3 is 4.84 Å². The summed E-state index contributed by atoms with van der Waals surface area (Å²) >= 11 is 6.09. The van der Waals surface area contributed by atoms with Crippen LogP contribution in [0.1, 0.15) is 5.56 Å². The van der Waals surface area contributed by atoms with E-state index in [0.29, 0.717) is 5.71 Å². The summed E-state index contributed by atoms with van der Waals surface area (Å²) in [5, 5.41) is 4.12. The minimum atomic E-state index is -3.82. The van der Waals surface area contributed by atoms with Crippen LogP contribution in [0.4, 0.5) is 8.78 Å². The highest BCUT2D eigenvalue weighted by Gasteiger charge is 2.47. The van der Waals surface area contributed by atoms with Crippen LogP contribution in [0.25, 0.3) is 0 Å². The maximum absolute atomic E-state index is 14.2. The summed E-state index contributed by atoms with van der Waals surface area (Å²) in [7, 11) is -3.82. The zero-order valence-corrected chi connectivity index (χ0v) is 14.8. The quantitative estimate of drug-likeness (QED) is 0.798. The van der Waals surface area contributed by atoms with E-state index in [-0.39, 0.29) is 28.6 Å². The second kappa shape index (κ2) is 6.29. The average molecular weight is 399 g/mol. The van der Waals surface area contributed by atoms with E-state index >= 15 is 0 Å². The summed E-state index contributed by atoms with van der Waals surface area (Å²) in [5.74, 6) is -1.49. The highest BCUT2D eigenvalue weighted by Crippen LogP contribution is 2.35. The van der Waals surface area contributed by atoms with Crippen LogP contribution in [0.15, 0.2) is 52.5 Å². The first-order valence-corrected chi connectivity index (χ1v) is 9.63. The topological polar surface area (TPSA) is 59.0 Å². The van der Waals surface area contributed by atoms with Gasteiger partial charge in [0.15, 0.2) is 6.10 Å². The minimum Gasteiger partial charge on any atom is -0.390 e. The molecule has 5 nitrogen and oxygen atoms in total. The molecule has 2 aromatic rings. The lowest BCUT2D eigenvalue weighted by Crippen LogP contribution is -2.30. The van der Waals surface area contributed by atoms with Crippen molar-refractivity contribution in [2.75, 3.05) is 13.1 Å². The van der Waals surface area contributed by atoms with Gasteiger partial charge >= 0.3 is 0 Å². The zero-order valence-electron chi connectivity index (χ0n) is 13.3. The molecule has 2 aliphatic rings. The Bertz CT molecular complexity index is 975. The Labute approximate surface area is 153 Å². The second-order valence-electron chi connectivity index (χ2n) is 6.10. The lowest BCUT2D eigenvalue weighted by molar-refractivity contribution is 0.0803. The van der Waals surface area contributed by atoms with Gasteiger partial charge in [-0.2, -0.15) is 4.31 Å². The number of oxime groups is 1. The predicted octanol–water partition coefficient (Wildman–Crippen LogP) is 3.04. The second-order valence-corrected chi connectivity index (χ2v) is 8.44. The van der Waals surface area contributed by atoms with Crippen LogP contribution in [0.3, 0.4) is 0 Å². The van der Waals surface area contributed by atoms with Gasteiger partial charge in [-0.1, -0.05) is 22.8 Å². The molecule has 2 heterocycles. The third kappa shape index (κ3) is 2.78. The molecule has 1 fully saturated rings. The highest BCUT2D eigenvalue weighted by atomic mass is 35.5. The van der Waals surface area contributed by atoms with Crippen molar-refractivity contribution in [2.24, 2.45) is 11.1 Å². The lowest BCUT2D eigenvalue weighted by atomic mass is 9.94. The standard InChI is InChI=1S/C17H13ClF2N2O3S/c18-13-2-1-3-14(20)16(13)17-12-8-22(9-15(12)25-21-17)26(23,24)11-6-4-10(19)5-7-11/h1-7,12,15H,8-9H2. The van der Waals surface area contributed by atoms with Gasteiger partial charge in [0.2, 0.25) is 10.0 Å². The first-order chi connectivity index (χ1) is 12.4. The summed E-state index contributed by atoms with van der Waals surface area (Å²) in [6, 6.07) is 8.88. The number of nitrogens with zero attached hydrogens (tertiary/aromatic N) is 2. The van der Waals surface area contributed by atoms with E-state index < -0.39 is 33.7 Å². The van der Waals surface area contributed by atoms with E-state index in [1.165, 1.54) is 34.6 Å². The maximum Gasteiger partial charge on any atom is 0.243 e. The number of hydrogen-bond donors (Lipinski definition) is 0. The van der Waals surface area contributed by atoms with E-state index in [0.717, 1.165) is 12.1 Å². The van der Waals surface area contributed by atoms with Gasteiger partial charge in [0.25, 0.3) is 0 Å². The zero-order chi connectivity index (χ0) is 18.5. The molecule has 0 saturated carbocycles. The first kappa shape index (κ1) is 17.4. The van der Waals surface area contributed by atoms with Gasteiger partial charge in [0.05, 0.1) is 33.7 Å². The molecule has 1 saturated heterocycles. The molecular weight excluding hydrogens is 386 g/mol.